The molecule has 0 aliphatic heterocycles. The Kier molecular flexibility index (Phi) is 12.7. The highest BCUT2D eigenvalue weighted by molar-refractivity contribution is 7.91. The van der Waals surface area contributed by atoms with Gasteiger partial charge in [-0.15, -0.1) is 10.2 Å². The summed E-state index contributed by atoms with van der Waals surface area (Å²) in [4.78, 5) is 33.9. The van der Waals surface area contributed by atoms with E-state index in [1.165, 1.54) is 19.9 Å². The van der Waals surface area contributed by atoms with Gasteiger partial charge in [0.1, 0.15) is 38.4 Å². The fourth-order valence-corrected chi connectivity index (χ4v) is 8.19. The number of phenolic OH excluding ortho intramolecular Hbond substituents is 1. The Bertz CT molecular complexity index is 2810. The van der Waals surface area contributed by atoms with Crippen LogP contribution in [0, 0.1) is 6.92 Å². The van der Waals surface area contributed by atoms with Crippen LogP contribution in [0.1, 0.15) is 45.6 Å². The highest BCUT2D eigenvalue weighted by Crippen LogP contribution is 2.33. The molecule has 0 radical (unpaired) electrons. The Balaban J connectivity index is 1.73. The summed E-state index contributed by atoms with van der Waals surface area (Å²) >= 11 is 6.07. The number of sulfone groups is 1. The molecule has 0 fully saturated rings. The number of carbonyl (C=O) groups excluding carboxylic acids is 1. The van der Waals surface area contributed by atoms with Gasteiger partial charge in [0.2, 0.25) is 11.2 Å². The first-order chi connectivity index (χ1) is 25.7. The van der Waals surface area contributed by atoms with E-state index >= 15 is 0 Å². The lowest BCUT2D eigenvalue weighted by Crippen LogP contribution is -2.25. The van der Waals surface area contributed by atoms with Crippen LogP contribution in [0.3, 0.4) is 0 Å². The van der Waals surface area contributed by atoms with Crippen LogP contribution in [-0.4, -0.2) is 95.3 Å². The van der Waals surface area contributed by atoms with Gasteiger partial charge < -0.3 is 15.9 Å². The number of nitrogens with zero attached hydrogens (tertiary/aromatic N) is 6. The smallest absolute Gasteiger partial charge is 0.397 e. The molecule has 0 unspecified atom stereocenters. The quantitative estimate of drug-likeness (QED) is 0.0721. The molecule has 0 saturated carbocycles. The zero-order valence-electron chi connectivity index (χ0n) is 28.4. The van der Waals surface area contributed by atoms with Crippen molar-refractivity contribution in [3.05, 3.63) is 79.9 Å². The van der Waals surface area contributed by atoms with Gasteiger partial charge in [0.15, 0.2) is 15.5 Å². The second kappa shape index (κ2) is 16.2. The Morgan fingerprint density at radius 2 is 1.50 bits per heavy atom. The number of aromatic nitrogens is 4. The molecule has 2 aromatic carbocycles. The van der Waals surface area contributed by atoms with Crippen LogP contribution in [0.4, 0.5) is 11.4 Å². The van der Waals surface area contributed by atoms with Gasteiger partial charge >= 0.3 is 10.4 Å². The van der Waals surface area contributed by atoms with Gasteiger partial charge in [-0.2, -0.15) is 25.3 Å². The van der Waals surface area contributed by atoms with Crippen LogP contribution in [-0.2, 0) is 64.0 Å². The number of phenols is 1. The number of nitrogens with two attached hydrogens (primary N) is 1. The largest absolute Gasteiger partial charge is 0.506 e. The maximum absolute atomic E-state index is 12.9. The third-order valence-corrected chi connectivity index (χ3v) is 11.6. The van der Waals surface area contributed by atoms with Crippen LogP contribution in [0.2, 0.25) is 5.28 Å². The first kappa shape index (κ1) is 43.7. The predicted octanol–water partition coefficient (Wildman–Crippen LogP) is 1.21. The van der Waals surface area contributed by atoms with E-state index in [-0.39, 0.29) is 35.7 Å². The molecule has 7 N–H and O–H groups in total. The summed E-state index contributed by atoms with van der Waals surface area (Å²) in [5.74, 6) is -4.54. The number of primary amides is 1. The zero-order chi connectivity index (χ0) is 42.1. The van der Waals surface area contributed by atoms with Crippen molar-refractivity contribution in [2.24, 2.45) is 16.0 Å². The van der Waals surface area contributed by atoms with E-state index in [9.17, 15) is 62.6 Å². The van der Waals surface area contributed by atoms with E-state index in [2.05, 4.69) is 29.4 Å². The molecule has 0 atom stereocenters. The van der Waals surface area contributed by atoms with Crippen molar-refractivity contribution in [3.63, 3.8) is 0 Å². The normalized spacial score (nSPS) is 12.7. The summed E-state index contributed by atoms with van der Waals surface area (Å²) in [5.41, 5.74) is 2.49. The third-order valence-electron chi connectivity index (χ3n) is 7.54. The molecule has 4 aromatic rings. The molecule has 23 nitrogen and oxygen atoms in total. The number of halogens is 1. The monoisotopic (exact) mass is 881 g/mol. The van der Waals surface area contributed by atoms with E-state index in [0.717, 1.165) is 22.8 Å². The van der Waals surface area contributed by atoms with E-state index in [1.54, 1.807) is 0 Å². The van der Waals surface area contributed by atoms with Crippen LogP contribution in [0.5, 0.6) is 11.6 Å². The Labute approximate surface area is 321 Å². The number of hydrogen-bond acceptors (Lipinski definition) is 18. The van der Waals surface area contributed by atoms with E-state index < -0.39 is 125 Å². The van der Waals surface area contributed by atoms with Crippen molar-refractivity contribution in [2.45, 2.75) is 47.9 Å². The van der Waals surface area contributed by atoms with Crippen molar-refractivity contribution in [1.29, 1.82) is 0 Å². The Morgan fingerprint density at radius 1 is 0.893 bits per heavy atom. The fraction of sp³-hybridized carbons (Fsp3) is 0.250. The minimum atomic E-state index is -5.28. The highest BCUT2D eigenvalue weighted by atomic mass is 35.5. The minimum absolute atomic E-state index is 0.0895. The number of hydrogen-bond donors (Lipinski definition) is 6. The van der Waals surface area contributed by atoms with Gasteiger partial charge in [0.05, 0.1) is 17.3 Å². The number of amides is 1. The lowest BCUT2D eigenvalue weighted by atomic mass is 10.1. The predicted molar refractivity (Wildman–Crippen MR) is 190 cm³/mol. The van der Waals surface area contributed by atoms with Crippen LogP contribution in [0.15, 0.2) is 60.0 Å². The molecule has 56 heavy (non-hydrogen) atoms. The van der Waals surface area contributed by atoms with Gasteiger partial charge in [0, 0.05) is 30.5 Å². The molecule has 1 amide bonds. The van der Waals surface area contributed by atoms with Crippen LogP contribution in [0.25, 0.3) is 0 Å². The molecule has 4 rings (SSSR count). The van der Waals surface area contributed by atoms with E-state index in [0.29, 0.717) is 6.07 Å². The van der Waals surface area contributed by atoms with Crippen LogP contribution >= 0.6 is 11.6 Å². The van der Waals surface area contributed by atoms with Crippen molar-refractivity contribution in [2.75, 3.05) is 12.4 Å². The molecule has 28 heteroatoms. The minimum Gasteiger partial charge on any atom is -0.506 e. The molecule has 0 bridgehead atoms. The Morgan fingerprint density at radius 3 is 2.05 bits per heavy atom. The average molecular weight is 882 g/mol. The third kappa shape index (κ3) is 10.2. The van der Waals surface area contributed by atoms with Crippen molar-refractivity contribution >= 4 is 69.4 Å². The molecule has 0 aliphatic carbocycles. The van der Waals surface area contributed by atoms with Gasteiger partial charge in [-0.25, -0.2) is 27.6 Å². The van der Waals surface area contributed by atoms with E-state index in [4.69, 9.17) is 21.9 Å². The van der Waals surface area contributed by atoms with Crippen molar-refractivity contribution < 1.29 is 66.5 Å². The molecule has 302 valence electrons. The molecular weight excluding hydrogens is 854 g/mol. The topological polar surface area (TPSA) is 375 Å². The molecular formula is C28H28ClN7O16S4. The highest BCUT2D eigenvalue weighted by Gasteiger charge is 2.27. The maximum Gasteiger partial charge on any atom is 0.397 e. The molecule has 0 aliphatic rings. The van der Waals surface area contributed by atoms with Gasteiger partial charge in [-0.3, -0.25) is 27.8 Å². The number of carbonyl (C=O) groups is 1. The standard InChI is InChI=1S/C28H28ClN7O16S4/c1-3-36-26(39)22(25(30)38)13(2)23(27(36)40)35-34-17-5-4-14(8-18(17)54(43,44)45)9-20-31-21(33-28(29)32-20)11-15-10-16(12-19(24(15)37)55(46,47)48)53(41,42)7-6-52-56(49,50)51/h4-5,8,10,12,37,39H,3,6-7,9,11H2,1-2H3,(H2,30,38)(H,43,44,45)(H,46,47,48)(H,49,50,51). The zero-order valence-corrected chi connectivity index (χ0v) is 32.4. The van der Waals surface area contributed by atoms with E-state index in [1.807, 2.05) is 0 Å². The molecule has 2 aromatic heterocycles. The second-order valence-corrected chi connectivity index (χ2v) is 17.6. The first-order valence-electron chi connectivity index (χ1n) is 15.1. The number of azo groups is 1. The lowest BCUT2D eigenvalue weighted by Gasteiger charge is -2.13. The summed E-state index contributed by atoms with van der Waals surface area (Å²) in [6.45, 7) is 1.52. The number of pyridine rings is 1. The second-order valence-electron chi connectivity index (χ2n) is 11.3. The van der Waals surface area contributed by atoms with Gasteiger partial charge in [-0.1, -0.05) is 6.07 Å². The summed E-state index contributed by atoms with van der Waals surface area (Å²) < 4.78 is 129. The van der Waals surface area contributed by atoms with Crippen molar-refractivity contribution in [1.82, 2.24) is 19.5 Å². The first-order valence-corrected chi connectivity index (χ1v) is 21.4. The summed E-state index contributed by atoms with van der Waals surface area (Å²) in [5, 5.41) is 28.1. The maximum atomic E-state index is 12.9. The van der Waals surface area contributed by atoms with Gasteiger partial charge in [0.25, 0.3) is 31.7 Å². The Hall–Kier alpha value is -5.00. The number of rotatable bonds is 15. The molecule has 0 spiro atoms. The van der Waals surface area contributed by atoms with Gasteiger partial charge in [-0.05, 0) is 55.3 Å². The number of benzene rings is 2. The number of aromatic hydroxyl groups is 2. The molecule has 2 heterocycles. The summed E-state index contributed by atoms with van der Waals surface area (Å²) in [7, 11) is -20.0. The average Bonchev–Trinajstić information content (AvgIpc) is 3.04. The molecule has 0 saturated heterocycles. The lowest BCUT2D eigenvalue weighted by molar-refractivity contribution is 0.0995. The van der Waals surface area contributed by atoms with Crippen molar-refractivity contribution in [3.8, 4) is 11.6 Å². The fourth-order valence-electron chi connectivity index (χ4n) is 5.04. The summed E-state index contributed by atoms with van der Waals surface area (Å²) in [6.07, 6.45) is -1.02. The SMILES string of the molecule is CCn1c(O)c(C(N)=O)c(C)c(N=Nc2ccc(Cc3nc(Cl)nc(Cc4cc(S(=O)(=O)CCOS(=O)(=O)O)cc(S(=O)(=O)O)c4O)n3)cc2S(=O)(=O)O)c1=O. The summed E-state index contributed by atoms with van der Waals surface area (Å²) in [6, 6.07) is 4.46. The van der Waals surface area contributed by atoms with Crippen LogP contribution < -0.4 is 11.3 Å².